The molecule has 1 aliphatic rings. The molecule has 0 amide bonds. The van der Waals surface area contributed by atoms with Crippen LogP contribution in [0.25, 0.3) is 0 Å². The first-order valence-electron chi connectivity index (χ1n) is 4.79. The van der Waals surface area contributed by atoms with Crippen molar-refractivity contribution in [3.8, 4) is 0 Å². The Bertz CT molecular complexity index is 387. The molecule has 82 valence electrons. The fourth-order valence-corrected chi connectivity index (χ4v) is 1.98. The number of nitrogens with one attached hydrogen (secondary N) is 1. The summed E-state index contributed by atoms with van der Waals surface area (Å²) in [6.07, 6.45) is 3.19. The summed E-state index contributed by atoms with van der Waals surface area (Å²) in [5.41, 5.74) is -0.000210. The van der Waals surface area contributed by atoms with Gasteiger partial charge in [0.05, 0.1) is 29.2 Å². The van der Waals surface area contributed by atoms with Crippen molar-refractivity contribution >= 4 is 22.6 Å². The molecule has 1 unspecified atom stereocenters. The number of halogens is 1. The first-order chi connectivity index (χ1) is 7.27. The van der Waals surface area contributed by atoms with Crippen LogP contribution in [0.5, 0.6) is 0 Å². The number of hydrogen-bond donors (Lipinski definition) is 1. The molecule has 0 radical (unpaired) electrons. The zero-order valence-electron chi connectivity index (χ0n) is 8.15. The van der Waals surface area contributed by atoms with Crippen LogP contribution in [0.1, 0.15) is 0 Å². The van der Waals surface area contributed by atoms with Crippen LogP contribution in [0.4, 0.5) is 0 Å². The van der Waals surface area contributed by atoms with Gasteiger partial charge in [0.1, 0.15) is 0 Å². The molecule has 0 saturated carbocycles. The quantitative estimate of drug-likeness (QED) is 0.769. The van der Waals surface area contributed by atoms with Gasteiger partial charge in [-0.25, -0.2) is 4.98 Å². The molecule has 1 N–H and O–H groups in total. The molecule has 1 fully saturated rings. The van der Waals surface area contributed by atoms with Crippen LogP contribution < -0.4 is 10.9 Å². The van der Waals surface area contributed by atoms with Crippen LogP contribution in [0.15, 0.2) is 17.3 Å². The summed E-state index contributed by atoms with van der Waals surface area (Å²) < 4.78 is 7.76. The van der Waals surface area contributed by atoms with E-state index in [9.17, 15) is 4.79 Å². The molecule has 1 aromatic rings. The minimum absolute atomic E-state index is 0.000210. The van der Waals surface area contributed by atoms with Gasteiger partial charge in [-0.15, -0.1) is 0 Å². The molecule has 1 saturated heterocycles. The summed E-state index contributed by atoms with van der Waals surface area (Å²) in [5, 5.41) is 3.23. The van der Waals surface area contributed by atoms with Crippen LogP contribution in [0, 0.1) is 3.57 Å². The Kier molecular flexibility index (Phi) is 3.71. The molecular formula is C9H12IN3O2. The van der Waals surface area contributed by atoms with Gasteiger partial charge >= 0.3 is 0 Å². The van der Waals surface area contributed by atoms with Gasteiger partial charge in [0.25, 0.3) is 5.56 Å². The first kappa shape index (κ1) is 11.0. The fourth-order valence-electron chi connectivity index (χ4n) is 1.51. The summed E-state index contributed by atoms with van der Waals surface area (Å²) in [4.78, 5) is 15.7. The van der Waals surface area contributed by atoms with Crippen LogP contribution in [-0.2, 0) is 11.3 Å². The average molecular weight is 321 g/mol. The fraction of sp³-hybridized carbons (Fsp3) is 0.556. The molecular weight excluding hydrogens is 309 g/mol. The maximum Gasteiger partial charge on any atom is 0.266 e. The van der Waals surface area contributed by atoms with Gasteiger partial charge in [-0.1, -0.05) is 0 Å². The van der Waals surface area contributed by atoms with Crippen molar-refractivity contribution in [3.63, 3.8) is 0 Å². The first-order valence-corrected chi connectivity index (χ1v) is 5.87. The maximum absolute atomic E-state index is 11.7. The van der Waals surface area contributed by atoms with E-state index < -0.39 is 0 Å². The van der Waals surface area contributed by atoms with Crippen LogP contribution >= 0.6 is 22.6 Å². The third-order valence-electron chi connectivity index (χ3n) is 2.26. The Balaban J connectivity index is 2.09. The minimum Gasteiger partial charge on any atom is -0.374 e. The second kappa shape index (κ2) is 5.04. The summed E-state index contributed by atoms with van der Waals surface area (Å²) >= 11 is 1.99. The van der Waals surface area contributed by atoms with E-state index in [4.69, 9.17) is 4.74 Å². The number of aromatic nitrogens is 2. The Morgan fingerprint density at radius 1 is 1.73 bits per heavy atom. The molecule has 0 bridgehead atoms. The Hall–Kier alpha value is -0.470. The molecule has 2 heterocycles. The van der Waals surface area contributed by atoms with Gasteiger partial charge in [-0.3, -0.25) is 9.36 Å². The number of hydrogen-bond acceptors (Lipinski definition) is 4. The van der Waals surface area contributed by atoms with Crippen molar-refractivity contribution in [2.75, 3.05) is 19.7 Å². The highest BCUT2D eigenvalue weighted by molar-refractivity contribution is 14.1. The van der Waals surface area contributed by atoms with E-state index in [-0.39, 0.29) is 11.7 Å². The summed E-state index contributed by atoms with van der Waals surface area (Å²) in [7, 11) is 0. The summed E-state index contributed by atoms with van der Waals surface area (Å²) in [5.74, 6) is 0. The van der Waals surface area contributed by atoms with Crippen LogP contribution in [0.3, 0.4) is 0 Å². The topological polar surface area (TPSA) is 56.2 Å². The largest absolute Gasteiger partial charge is 0.374 e. The number of ether oxygens (including phenoxy) is 1. The van der Waals surface area contributed by atoms with E-state index in [1.165, 1.54) is 0 Å². The van der Waals surface area contributed by atoms with E-state index in [1.54, 1.807) is 17.1 Å². The highest BCUT2D eigenvalue weighted by atomic mass is 127. The van der Waals surface area contributed by atoms with Crippen LogP contribution in [-0.4, -0.2) is 35.4 Å². The molecule has 5 nitrogen and oxygen atoms in total. The standard InChI is InChI=1S/C9H12IN3O2/c10-8-4-12-6-13(9(8)14)5-7-3-11-1-2-15-7/h4,6-7,11H,1-3,5H2. The second-order valence-electron chi connectivity index (χ2n) is 3.40. The van der Waals surface area contributed by atoms with Crippen molar-refractivity contribution < 1.29 is 4.74 Å². The Morgan fingerprint density at radius 2 is 2.60 bits per heavy atom. The lowest BCUT2D eigenvalue weighted by Crippen LogP contribution is -2.42. The molecule has 0 spiro atoms. The van der Waals surface area contributed by atoms with Crippen molar-refractivity contribution in [3.05, 3.63) is 26.4 Å². The van der Waals surface area contributed by atoms with Crippen LogP contribution in [0.2, 0.25) is 0 Å². The highest BCUT2D eigenvalue weighted by Gasteiger charge is 2.14. The van der Waals surface area contributed by atoms with Gasteiger partial charge in [0.15, 0.2) is 0 Å². The summed E-state index contributed by atoms with van der Waals surface area (Å²) in [6, 6.07) is 0. The maximum atomic E-state index is 11.7. The average Bonchev–Trinajstić information content (AvgIpc) is 2.26. The van der Waals surface area contributed by atoms with Gasteiger partial charge in [0, 0.05) is 19.3 Å². The third-order valence-corrected chi connectivity index (χ3v) is 3.00. The molecule has 1 aliphatic heterocycles. The van der Waals surface area contributed by atoms with E-state index in [2.05, 4.69) is 10.3 Å². The molecule has 1 atom stereocenters. The van der Waals surface area contributed by atoms with Crippen molar-refractivity contribution in [2.45, 2.75) is 12.6 Å². The molecule has 15 heavy (non-hydrogen) atoms. The highest BCUT2D eigenvalue weighted by Crippen LogP contribution is 1.99. The zero-order chi connectivity index (χ0) is 10.7. The van der Waals surface area contributed by atoms with Crippen molar-refractivity contribution in [1.82, 2.24) is 14.9 Å². The monoisotopic (exact) mass is 321 g/mol. The smallest absolute Gasteiger partial charge is 0.266 e. The lowest BCUT2D eigenvalue weighted by molar-refractivity contribution is 0.0174. The molecule has 1 aromatic heterocycles. The second-order valence-corrected chi connectivity index (χ2v) is 4.56. The van der Waals surface area contributed by atoms with E-state index in [0.717, 1.165) is 13.1 Å². The lowest BCUT2D eigenvalue weighted by Gasteiger charge is -2.23. The molecule has 0 aliphatic carbocycles. The molecule has 6 heteroatoms. The predicted molar refractivity (Wildman–Crippen MR) is 63.8 cm³/mol. The SMILES string of the molecule is O=c1c(I)cncn1CC1CNCCO1. The minimum atomic E-state index is -0.000210. The summed E-state index contributed by atoms with van der Waals surface area (Å²) in [6.45, 7) is 2.94. The lowest BCUT2D eigenvalue weighted by atomic mass is 10.3. The normalized spacial score (nSPS) is 21.5. The zero-order valence-corrected chi connectivity index (χ0v) is 10.3. The number of morpholine rings is 1. The Morgan fingerprint density at radius 3 is 3.33 bits per heavy atom. The van der Waals surface area contributed by atoms with Gasteiger partial charge in [-0.05, 0) is 22.6 Å². The van der Waals surface area contributed by atoms with Crippen molar-refractivity contribution in [1.29, 1.82) is 0 Å². The van der Waals surface area contributed by atoms with Crippen molar-refractivity contribution in [2.24, 2.45) is 0 Å². The van der Waals surface area contributed by atoms with Gasteiger partial charge in [-0.2, -0.15) is 0 Å². The van der Waals surface area contributed by atoms with E-state index in [0.29, 0.717) is 16.7 Å². The van der Waals surface area contributed by atoms with E-state index in [1.807, 2.05) is 22.6 Å². The Labute approximate surface area is 101 Å². The number of nitrogens with zero attached hydrogens (tertiary/aromatic N) is 2. The molecule has 2 rings (SSSR count). The van der Waals surface area contributed by atoms with Gasteiger partial charge < -0.3 is 10.1 Å². The van der Waals surface area contributed by atoms with Gasteiger partial charge in [0.2, 0.25) is 0 Å². The molecule has 0 aromatic carbocycles. The predicted octanol–water partition coefficient (Wildman–Crippen LogP) is -0.164. The number of rotatable bonds is 2. The third kappa shape index (κ3) is 2.76. The van der Waals surface area contributed by atoms with E-state index >= 15 is 0 Å².